The third-order valence-corrected chi connectivity index (χ3v) is 7.67. The molecule has 5 aromatic rings. The summed E-state index contributed by atoms with van der Waals surface area (Å²) >= 11 is 0. The predicted octanol–water partition coefficient (Wildman–Crippen LogP) is 8.14. The van der Waals surface area contributed by atoms with Gasteiger partial charge in [0.2, 0.25) is 0 Å². The molecule has 43 heavy (non-hydrogen) atoms. The van der Waals surface area contributed by atoms with Crippen LogP contribution in [0.15, 0.2) is 79.0 Å². The van der Waals surface area contributed by atoms with Gasteiger partial charge in [0.05, 0.1) is 30.7 Å². The number of pyridine rings is 1. The van der Waals surface area contributed by atoms with Crippen LogP contribution in [0.4, 0.5) is 4.39 Å². The summed E-state index contributed by atoms with van der Waals surface area (Å²) < 4.78 is 33.2. The van der Waals surface area contributed by atoms with Crippen LogP contribution in [0.3, 0.4) is 0 Å². The number of hydrogen-bond donors (Lipinski definition) is 0. The minimum Gasteiger partial charge on any atom is -0.493 e. The Morgan fingerprint density at radius 1 is 0.977 bits per heavy atom. The average molecular weight is 579 g/mol. The third-order valence-electron chi connectivity index (χ3n) is 7.67. The van der Waals surface area contributed by atoms with Gasteiger partial charge in [-0.25, -0.2) is 14.2 Å². The molecule has 0 saturated carbocycles. The number of hydrogen-bond acceptors (Lipinski definition) is 5. The van der Waals surface area contributed by atoms with Crippen LogP contribution >= 0.6 is 0 Å². The zero-order valence-electron chi connectivity index (χ0n) is 25.1. The summed E-state index contributed by atoms with van der Waals surface area (Å²) in [5.74, 6) is 0.153. The quantitative estimate of drug-likeness (QED) is 0.190. The van der Waals surface area contributed by atoms with E-state index >= 15 is 0 Å². The highest BCUT2D eigenvalue weighted by atomic mass is 19.1. The number of carbonyl (C=O) groups is 1. The van der Waals surface area contributed by atoms with E-state index in [1.54, 1.807) is 12.1 Å². The van der Waals surface area contributed by atoms with Crippen molar-refractivity contribution in [3.8, 4) is 39.4 Å². The molecule has 6 rings (SSSR count). The molecule has 220 valence electrons. The molecule has 0 amide bonds. The Kier molecular flexibility index (Phi) is 7.52. The number of aromatic nitrogens is 2. The highest BCUT2D eigenvalue weighted by molar-refractivity contribution is 5.83. The second kappa shape index (κ2) is 11.3. The lowest BCUT2D eigenvalue weighted by atomic mass is 9.94. The molecule has 1 unspecified atom stereocenters. The molecule has 7 heteroatoms. The number of aryl methyl sites for hydroxylation is 2. The molecule has 0 N–H and O–H groups in total. The summed E-state index contributed by atoms with van der Waals surface area (Å²) in [7, 11) is 1.38. The highest BCUT2D eigenvalue weighted by Gasteiger charge is 2.33. The monoisotopic (exact) mass is 578 g/mol. The van der Waals surface area contributed by atoms with Crippen molar-refractivity contribution >= 4 is 11.6 Å². The number of nitrogens with zero attached hydrogens (tertiary/aromatic N) is 2. The summed E-state index contributed by atoms with van der Waals surface area (Å²) in [6, 6.07) is 22.7. The smallest absolute Gasteiger partial charge is 0.339 e. The van der Waals surface area contributed by atoms with Crippen molar-refractivity contribution in [1.82, 2.24) is 9.38 Å². The second-order valence-electron chi connectivity index (χ2n) is 11.9. The number of carbonyl (C=O) groups excluding carboxylic acids is 1. The van der Waals surface area contributed by atoms with Crippen LogP contribution in [0.5, 0.6) is 5.75 Å². The van der Waals surface area contributed by atoms with Crippen LogP contribution in [0, 0.1) is 12.7 Å². The van der Waals surface area contributed by atoms with Gasteiger partial charge in [0.25, 0.3) is 0 Å². The van der Waals surface area contributed by atoms with E-state index in [0.29, 0.717) is 6.61 Å². The van der Waals surface area contributed by atoms with E-state index in [2.05, 4.69) is 12.1 Å². The van der Waals surface area contributed by atoms with Crippen LogP contribution < -0.4 is 4.74 Å². The fraction of sp³-hybridized carbons (Fsp3) is 0.278. The summed E-state index contributed by atoms with van der Waals surface area (Å²) in [6.45, 7) is 8.46. The molecule has 1 aliphatic rings. The van der Waals surface area contributed by atoms with Gasteiger partial charge in [0.1, 0.15) is 17.2 Å². The predicted molar refractivity (Wildman–Crippen MR) is 166 cm³/mol. The second-order valence-corrected chi connectivity index (χ2v) is 11.9. The van der Waals surface area contributed by atoms with Crippen molar-refractivity contribution in [2.45, 2.75) is 52.2 Å². The number of fused-ring (bicyclic) bond motifs is 2. The molecule has 0 bridgehead atoms. The Morgan fingerprint density at radius 2 is 1.72 bits per heavy atom. The largest absolute Gasteiger partial charge is 0.493 e. The third kappa shape index (κ3) is 5.77. The van der Waals surface area contributed by atoms with E-state index in [9.17, 15) is 9.18 Å². The molecular formula is C36H35FN2O4. The first-order valence-electron chi connectivity index (χ1n) is 14.5. The van der Waals surface area contributed by atoms with Gasteiger partial charge in [0.15, 0.2) is 6.10 Å². The van der Waals surface area contributed by atoms with Crippen molar-refractivity contribution in [3.63, 3.8) is 0 Å². The summed E-state index contributed by atoms with van der Waals surface area (Å²) in [6.07, 6.45) is 2.91. The number of esters is 1. The van der Waals surface area contributed by atoms with Gasteiger partial charge in [-0.15, -0.1) is 0 Å². The number of imidazole rings is 1. The fourth-order valence-electron chi connectivity index (χ4n) is 5.72. The molecule has 3 aromatic carbocycles. The molecular weight excluding hydrogens is 543 g/mol. The van der Waals surface area contributed by atoms with Gasteiger partial charge < -0.3 is 14.2 Å². The first kappa shape index (κ1) is 28.6. The summed E-state index contributed by atoms with van der Waals surface area (Å²) in [5, 5.41) is 0. The van der Waals surface area contributed by atoms with Gasteiger partial charge >= 0.3 is 5.97 Å². The van der Waals surface area contributed by atoms with Crippen LogP contribution in [0.2, 0.25) is 0 Å². The Labute approximate surface area is 251 Å². The van der Waals surface area contributed by atoms with E-state index in [0.717, 1.165) is 74.6 Å². The number of methoxy groups -OCH3 is 1. The lowest BCUT2D eigenvalue weighted by molar-refractivity contribution is -0.164. The lowest BCUT2D eigenvalue weighted by Gasteiger charge is -2.29. The summed E-state index contributed by atoms with van der Waals surface area (Å²) in [5.41, 5.74) is 8.19. The topological polar surface area (TPSA) is 62.1 Å². The van der Waals surface area contributed by atoms with Gasteiger partial charge in [-0.1, -0.05) is 30.3 Å². The normalized spacial score (nSPS) is 13.8. The Morgan fingerprint density at radius 3 is 2.47 bits per heavy atom. The van der Waals surface area contributed by atoms with Crippen LogP contribution in [-0.4, -0.2) is 34.7 Å². The van der Waals surface area contributed by atoms with Gasteiger partial charge in [-0.2, -0.15) is 0 Å². The van der Waals surface area contributed by atoms with Crippen molar-refractivity contribution in [1.29, 1.82) is 0 Å². The maximum Gasteiger partial charge on any atom is 0.339 e. The molecule has 0 fully saturated rings. The minimum absolute atomic E-state index is 0.270. The van der Waals surface area contributed by atoms with Crippen molar-refractivity contribution < 1.29 is 23.4 Å². The van der Waals surface area contributed by atoms with Gasteiger partial charge in [0, 0.05) is 17.3 Å². The molecule has 0 spiro atoms. The Balaban J connectivity index is 1.57. The zero-order valence-corrected chi connectivity index (χ0v) is 25.1. The number of halogens is 1. The molecule has 0 aliphatic carbocycles. The molecule has 1 aliphatic heterocycles. The van der Waals surface area contributed by atoms with Crippen molar-refractivity contribution in [3.05, 3.63) is 102 Å². The summed E-state index contributed by atoms with van der Waals surface area (Å²) in [4.78, 5) is 18.3. The number of ether oxygens (including phenoxy) is 3. The number of rotatable bonds is 6. The maximum absolute atomic E-state index is 13.6. The molecule has 6 nitrogen and oxygen atoms in total. The lowest BCUT2D eigenvalue weighted by Crippen LogP contribution is -2.29. The highest BCUT2D eigenvalue weighted by Crippen LogP contribution is 2.40. The van der Waals surface area contributed by atoms with Crippen molar-refractivity contribution in [2.75, 3.05) is 13.7 Å². The van der Waals surface area contributed by atoms with E-state index in [4.69, 9.17) is 19.2 Å². The van der Waals surface area contributed by atoms with E-state index in [-0.39, 0.29) is 5.82 Å². The molecule has 0 radical (unpaired) electrons. The first-order chi connectivity index (χ1) is 20.6. The fourth-order valence-corrected chi connectivity index (χ4v) is 5.72. The van der Waals surface area contributed by atoms with Gasteiger partial charge in [-0.3, -0.25) is 4.40 Å². The van der Waals surface area contributed by atoms with E-state index in [1.165, 1.54) is 19.2 Å². The molecule has 1 atom stereocenters. The molecule has 2 aromatic heterocycles. The zero-order chi connectivity index (χ0) is 30.3. The minimum atomic E-state index is -0.954. The molecule has 3 heterocycles. The van der Waals surface area contributed by atoms with E-state index in [1.807, 2.05) is 74.7 Å². The standard InChI is InChI=1S/C36H35FN2O4/c1-22-18-31-38-29(25-9-6-8-24(19-25)23-11-14-28(37)15-12-23)21-39(31)33(27-13-16-30-26(20-27)10-7-17-42-30)32(22)34(35(40)41-5)43-36(2,3)4/h6,8-9,11-16,18-21,34H,7,10,17H2,1-5H3. The van der Waals surface area contributed by atoms with Gasteiger partial charge in [-0.05, 0) is 111 Å². The number of benzene rings is 3. The van der Waals surface area contributed by atoms with Crippen molar-refractivity contribution in [2.24, 2.45) is 0 Å². The van der Waals surface area contributed by atoms with E-state index < -0.39 is 17.7 Å². The SMILES string of the molecule is COC(=O)C(OC(C)(C)C)c1c(C)cc2nc(-c3cccc(-c4ccc(F)cc4)c3)cn2c1-c1ccc2c(c1)CCCO2. The maximum atomic E-state index is 13.6. The molecule has 0 saturated heterocycles. The van der Waals surface area contributed by atoms with Crippen LogP contribution in [0.1, 0.15) is 50.0 Å². The average Bonchev–Trinajstić information content (AvgIpc) is 3.42. The Hall–Kier alpha value is -4.49. The Bertz CT molecular complexity index is 1820. The first-order valence-corrected chi connectivity index (χ1v) is 14.5. The van der Waals surface area contributed by atoms with Crippen LogP contribution in [0.25, 0.3) is 39.3 Å². The van der Waals surface area contributed by atoms with Crippen LogP contribution in [-0.2, 0) is 20.7 Å².